The summed E-state index contributed by atoms with van der Waals surface area (Å²) in [5.74, 6) is 0. The van der Waals surface area contributed by atoms with Gasteiger partial charge in [-0.05, 0) is 13.0 Å². The molecule has 2 nitrogen and oxygen atoms in total. The van der Waals surface area contributed by atoms with Gasteiger partial charge in [0.1, 0.15) is 5.72 Å². The number of halogens is 3. The lowest BCUT2D eigenvalue weighted by molar-refractivity contribution is -0.154. The van der Waals surface area contributed by atoms with Gasteiger partial charge in [-0.2, -0.15) is 13.2 Å². The van der Waals surface area contributed by atoms with Crippen LogP contribution >= 0.6 is 0 Å². The summed E-state index contributed by atoms with van der Waals surface area (Å²) in [6, 6.07) is 5.54. The lowest BCUT2D eigenvalue weighted by Gasteiger charge is -2.43. The summed E-state index contributed by atoms with van der Waals surface area (Å²) in [4.78, 5) is 0. The number of hydrogen-bond acceptors (Lipinski definition) is 2. The number of benzene rings is 1. The van der Waals surface area contributed by atoms with Crippen LogP contribution in [0.2, 0.25) is 0 Å². The Bertz CT molecular complexity index is 458. The molecule has 5 heteroatoms. The molecular weight excluding hydrogens is 255 g/mol. The zero-order valence-corrected chi connectivity index (χ0v) is 11.3. The van der Waals surface area contributed by atoms with E-state index in [1.54, 1.807) is 13.0 Å². The maximum atomic E-state index is 13.0. The molecule has 106 valence electrons. The SMILES string of the molecule is CC1(C)CNC(C)(c2ccccc2C(F)(F)F)OC1. The summed E-state index contributed by atoms with van der Waals surface area (Å²) in [6.45, 7) is 6.69. The topological polar surface area (TPSA) is 21.3 Å². The first-order valence-electron chi connectivity index (χ1n) is 6.20. The lowest BCUT2D eigenvalue weighted by atomic mass is 9.89. The molecule has 0 radical (unpaired) electrons. The van der Waals surface area contributed by atoms with E-state index in [0.717, 1.165) is 6.07 Å². The molecule has 0 saturated carbocycles. The Morgan fingerprint density at radius 2 is 1.79 bits per heavy atom. The van der Waals surface area contributed by atoms with E-state index in [2.05, 4.69) is 5.32 Å². The molecule has 1 aromatic rings. The Morgan fingerprint density at radius 3 is 2.32 bits per heavy atom. The van der Waals surface area contributed by atoms with Crippen molar-refractivity contribution in [3.8, 4) is 0 Å². The first-order chi connectivity index (χ1) is 8.64. The van der Waals surface area contributed by atoms with Crippen molar-refractivity contribution in [3.05, 3.63) is 35.4 Å². The summed E-state index contributed by atoms with van der Waals surface area (Å²) >= 11 is 0. The Hall–Kier alpha value is -1.07. The van der Waals surface area contributed by atoms with Gasteiger partial charge < -0.3 is 4.74 Å². The molecule has 19 heavy (non-hydrogen) atoms. The van der Waals surface area contributed by atoms with Crippen LogP contribution < -0.4 is 5.32 Å². The van der Waals surface area contributed by atoms with Gasteiger partial charge in [0.15, 0.2) is 0 Å². The molecular formula is C14H18F3NO. The van der Waals surface area contributed by atoms with Crippen LogP contribution in [0.25, 0.3) is 0 Å². The number of alkyl halides is 3. The summed E-state index contributed by atoms with van der Waals surface area (Å²) < 4.78 is 44.8. The number of nitrogens with one attached hydrogen (secondary N) is 1. The quantitative estimate of drug-likeness (QED) is 0.845. The normalized spacial score (nSPS) is 27.3. The van der Waals surface area contributed by atoms with Crippen molar-refractivity contribution in [2.24, 2.45) is 5.41 Å². The first kappa shape index (κ1) is 14.3. The highest BCUT2D eigenvalue weighted by atomic mass is 19.4. The van der Waals surface area contributed by atoms with Gasteiger partial charge in [-0.25, -0.2) is 0 Å². The smallest absolute Gasteiger partial charge is 0.356 e. The fourth-order valence-corrected chi connectivity index (χ4v) is 2.17. The minimum atomic E-state index is -4.38. The second kappa shape index (κ2) is 4.49. The van der Waals surface area contributed by atoms with Crippen molar-refractivity contribution >= 4 is 0 Å². The van der Waals surface area contributed by atoms with E-state index in [-0.39, 0.29) is 11.0 Å². The minimum absolute atomic E-state index is 0.0767. The Balaban J connectivity index is 2.37. The Kier molecular flexibility index (Phi) is 3.39. The summed E-state index contributed by atoms with van der Waals surface area (Å²) in [6.07, 6.45) is -4.38. The van der Waals surface area contributed by atoms with Gasteiger partial charge in [0.2, 0.25) is 0 Å². The van der Waals surface area contributed by atoms with Gasteiger partial charge in [-0.1, -0.05) is 32.0 Å². The van der Waals surface area contributed by atoms with E-state index in [4.69, 9.17) is 4.74 Å². The van der Waals surface area contributed by atoms with Crippen molar-refractivity contribution in [3.63, 3.8) is 0 Å². The second-order valence-corrected chi connectivity index (χ2v) is 5.88. The summed E-state index contributed by atoms with van der Waals surface area (Å²) in [7, 11) is 0. The average molecular weight is 273 g/mol. The molecule has 0 bridgehead atoms. The molecule has 1 saturated heterocycles. The van der Waals surface area contributed by atoms with Gasteiger partial charge in [-0.15, -0.1) is 0 Å². The predicted octanol–water partition coefficient (Wildman–Crippen LogP) is 3.52. The minimum Gasteiger partial charge on any atom is -0.356 e. The molecule has 0 aliphatic carbocycles. The molecule has 1 fully saturated rings. The monoisotopic (exact) mass is 273 g/mol. The number of ether oxygens (including phenoxy) is 1. The zero-order valence-electron chi connectivity index (χ0n) is 11.3. The van der Waals surface area contributed by atoms with Crippen LogP contribution in [0.3, 0.4) is 0 Å². The van der Waals surface area contributed by atoms with Crippen LogP contribution in [-0.4, -0.2) is 13.2 Å². The van der Waals surface area contributed by atoms with Gasteiger partial charge >= 0.3 is 6.18 Å². The lowest BCUT2D eigenvalue weighted by Crippen LogP contribution is -2.54. The van der Waals surface area contributed by atoms with Gasteiger partial charge in [0, 0.05) is 17.5 Å². The van der Waals surface area contributed by atoms with Crippen LogP contribution in [0.5, 0.6) is 0 Å². The molecule has 1 unspecified atom stereocenters. The molecule has 1 aromatic carbocycles. The van der Waals surface area contributed by atoms with E-state index in [1.165, 1.54) is 12.1 Å². The molecule has 1 aliphatic heterocycles. The molecule has 1 heterocycles. The molecule has 0 spiro atoms. The Labute approximate surface area is 111 Å². The third-order valence-corrected chi connectivity index (χ3v) is 3.40. The van der Waals surface area contributed by atoms with Gasteiger partial charge in [0.25, 0.3) is 0 Å². The maximum Gasteiger partial charge on any atom is 0.416 e. The molecule has 0 amide bonds. The largest absolute Gasteiger partial charge is 0.416 e. The van der Waals surface area contributed by atoms with Crippen molar-refractivity contribution in [1.29, 1.82) is 0 Å². The summed E-state index contributed by atoms with van der Waals surface area (Å²) in [5, 5.41) is 3.09. The van der Waals surface area contributed by atoms with Crippen molar-refractivity contribution in [2.45, 2.75) is 32.7 Å². The molecule has 0 aromatic heterocycles. The Morgan fingerprint density at radius 1 is 1.16 bits per heavy atom. The van der Waals surface area contributed by atoms with E-state index in [1.807, 2.05) is 13.8 Å². The van der Waals surface area contributed by atoms with Crippen molar-refractivity contribution in [1.82, 2.24) is 5.32 Å². The molecule has 1 atom stereocenters. The highest BCUT2D eigenvalue weighted by Crippen LogP contribution is 2.39. The van der Waals surface area contributed by atoms with Crippen LogP contribution in [0.4, 0.5) is 13.2 Å². The third-order valence-electron chi connectivity index (χ3n) is 3.40. The first-order valence-corrected chi connectivity index (χ1v) is 6.20. The number of hydrogen-bond donors (Lipinski definition) is 1. The van der Waals surface area contributed by atoms with Crippen molar-refractivity contribution < 1.29 is 17.9 Å². The van der Waals surface area contributed by atoms with E-state index >= 15 is 0 Å². The zero-order chi connectivity index (χ0) is 14.3. The van der Waals surface area contributed by atoms with Crippen LogP contribution in [0.15, 0.2) is 24.3 Å². The van der Waals surface area contributed by atoms with Gasteiger partial charge in [0.05, 0.1) is 12.2 Å². The maximum absolute atomic E-state index is 13.0. The highest BCUT2D eigenvalue weighted by Gasteiger charge is 2.43. The standard InChI is InChI=1S/C14H18F3NO/c1-12(2)8-18-13(3,19-9-12)10-6-4-5-7-11(10)14(15,16)17/h4-7,18H,8-9H2,1-3H3. The highest BCUT2D eigenvalue weighted by molar-refractivity contribution is 5.34. The van der Waals surface area contributed by atoms with E-state index < -0.39 is 17.5 Å². The van der Waals surface area contributed by atoms with Gasteiger partial charge in [-0.3, -0.25) is 5.32 Å². The molecule has 1 aliphatic rings. The number of rotatable bonds is 1. The molecule has 1 N–H and O–H groups in total. The second-order valence-electron chi connectivity index (χ2n) is 5.88. The predicted molar refractivity (Wildman–Crippen MR) is 66.5 cm³/mol. The van der Waals surface area contributed by atoms with Crippen LogP contribution in [0, 0.1) is 5.41 Å². The van der Waals surface area contributed by atoms with Crippen LogP contribution in [0.1, 0.15) is 31.9 Å². The van der Waals surface area contributed by atoms with Crippen molar-refractivity contribution in [2.75, 3.05) is 13.2 Å². The van der Waals surface area contributed by atoms with E-state index in [9.17, 15) is 13.2 Å². The van der Waals surface area contributed by atoms with E-state index in [0.29, 0.717) is 13.2 Å². The fourth-order valence-electron chi connectivity index (χ4n) is 2.17. The summed E-state index contributed by atoms with van der Waals surface area (Å²) in [5.41, 5.74) is -1.68. The third kappa shape index (κ3) is 2.92. The fraction of sp³-hybridized carbons (Fsp3) is 0.571. The average Bonchev–Trinajstić information content (AvgIpc) is 2.32. The molecule has 2 rings (SSSR count). The van der Waals surface area contributed by atoms with Crippen LogP contribution in [-0.2, 0) is 16.6 Å².